The van der Waals surface area contributed by atoms with Gasteiger partial charge in [0, 0.05) is 19.3 Å². The Labute approximate surface area is 186 Å². The molecule has 8 nitrogen and oxygen atoms in total. The fraction of sp³-hybridized carbons (Fsp3) is 0.714. The van der Waals surface area contributed by atoms with Gasteiger partial charge in [0.25, 0.3) is 0 Å². The van der Waals surface area contributed by atoms with Crippen LogP contribution in [0.25, 0.3) is 0 Å². The first kappa shape index (κ1) is 24.1. The predicted molar refractivity (Wildman–Crippen MR) is 121 cm³/mol. The lowest BCUT2D eigenvalue weighted by molar-refractivity contribution is -0.159. The number of hydrogen-bond donors (Lipinski definition) is 1. The Morgan fingerprint density at radius 1 is 1.23 bits per heavy atom. The van der Waals surface area contributed by atoms with Gasteiger partial charge >= 0.3 is 0 Å². The molecule has 1 aromatic heterocycles. The van der Waals surface area contributed by atoms with E-state index < -0.39 is 23.7 Å². The van der Waals surface area contributed by atoms with Crippen LogP contribution in [0.15, 0.2) is 5.16 Å². The minimum absolute atomic E-state index is 0.110. The number of hydrogen-bond acceptors (Lipinski definition) is 8. The Balaban J connectivity index is 2.02. The number of aromatic nitrogens is 2. The molecule has 0 radical (unpaired) electrons. The molecule has 1 N–H and O–H groups in total. The Kier molecular flexibility index (Phi) is 6.57. The molecule has 10 heteroatoms. The number of ether oxygens (including phenoxy) is 3. The van der Waals surface area contributed by atoms with Gasteiger partial charge in [-0.25, -0.2) is 13.4 Å². The normalized spacial score (nSPS) is 27.5. The van der Waals surface area contributed by atoms with E-state index in [0.717, 1.165) is 12.7 Å². The fourth-order valence-corrected chi connectivity index (χ4v) is 5.06. The van der Waals surface area contributed by atoms with Crippen molar-refractivity contribution in [3.8, 4) is 11.5 Å². The highest BCUT2D eigenvalue weighted by molar-refractivity contribution is 7.90. The number of methoxy groups -OCH3 is 1. The zero-order valence-corrected chi connectivity index (χ0v) is 21.4. The molecule has 31 heavy (non-hydrogen) atoms. The molecule has 0 aromatic carbocycles. The molecule has 1 aromatic rings. The minimum Gasteiger partial charge on any atom is -0.384 e. The summed E-state index contributed by atoms with van der Waals surface area (Å²) in [4.78, 5) is 8.58. The van der Waals surface area contributed by atoms with Crippen LogP contribution >= 0.6 is 0 Å². The summed E-state index contributed by atoms with van der Waals surface area (Å²) in [7, 11) is -3.57. The molecular weight excluding hydrogens is 434 g/mol. The third kappa shape index (κ3) is 5.65. The lowest BCUT2D eigenvalue weighted by Gasteiger charge is -2.24. The standard InChI is InChI=1S/C21H33N3O5SSi/c1-13-15(9-10-31(6,7)8)19(24-20(22-13)30(5,25)26)23-16-11-14(12-27-4)17-18(16)29-21(2,3)28-17/h14,16-18H,11-12H2,1-8H3,(H,22,23,24)/t14-,16-,17-,18+/m1/s1. The molecule has 0 amide bonds. The number of anilines is 1. The molecule has 0 bridgehead atoms. The Hall–Kier alpha value is -1.51. The monoisotopic (exact) mass is 467 g/mol. The minimum atomic E-state index is -3.57. The smallest absolute Gasteiger partial charge is 0.249 e. The van der Waals surface area contributed by atoms with Crippen LogP contribution in [0.2, 0.25) is 19.6 Å². The van der Waals surface area contributed by atoms with Crippen LogP contribution in [-0.2, 0) is 24.0 Å². The fourth-order valence-electron chi connectivity index (χ4n) is 4.00. The van der Waals surface area contributed by atoms with Crippen LogP contribution in [0.5, 0.6) is 0 Å². The van der Waals surface area contributed by atoms with Crippen molar-refractivity contribution in [3.63, 3.8) is 0 Å². The average Bonchev–Trinajstić information content (AvgIpc) is 3.07. The van der Waals surface area contributed by atoms with Crippen molar-refractivity contribution in [2.45, 2.75) is 76.0 Å². The van der Waals surface area contributed by atoms with E-state index in [4.69, 9.17) is 14.2 Å². The van der Waals surface area contributed by atoms with Gasteiger partial charge in [0.05, 0.1) is 30.0 Å². The molecule has 4 atom stereocenters. The van der Waals surface area contributed by atoms with Crippen LogP contribution in [0, 0.1) is 24.3 Å². The number of nitrogens with zero attached hydrogens (tertiary/aromatic N) is 2. The van der Waals surface area contributed by atoms with E-state index in [1.807, 2.05) is 13.8 Å². The zero-order chi connectivity index (χ0) is 23.2. The van der Waals surface area contributed by atoms with Crippen molar-refractivity contribution in [1.29, 1.82) is 0 Å². The molecule has 2 fully saturated rings. The molecular formula is C21H33N3O5SSi. The topological polar surface area (TPSA) is 99.6 Å². The SMILES string of the molecule is COC[C@H]1C[C@@H](Nc2nc(S(C)(=O)=O)nc(C)c2C#C[Si](C)(C)C)[C@@H]2OC(C)(C)O[C@H]12. The number of rotatable bonds is 5. The third-order valence-electron chi connectivity index (χ3n) is 5.25. The van der Waals surface area contributed by atoms with Crippen LogP contribution in [-0.4, -0.2) is 70.5 Å². The molecule has 1 saturated carbocycles. The first-order valence-electron chi connectivity index (χ1n) is 10.4. The lowest BCUT2D eigenvalue weighted by Crippen LogP contribution is -2.35. The molecule has 172 valence electrons. The Bertz CT molecular complexity index is 1010. The molecule has 3 rings (SSSR count). The van der Waals surface area contributed by atoms with Crippen LogP contribution < -0.4 is 5.32 Å². The summed E-state index contributed by atoms with van der Waals surface area (Å²) in [5.41, 5.74) is 4.50. The number of nitrogens with one attached hydrogen (secondary N) is 1. The second kappa shape index (κ2) is 8.44. The number of sulfone groups is 1. The van der Waals surface area contributed by atoms with Crippen LogP contribution in [0.1, 0.15) is 31.5 Å². The second-order valence-electron chi connectivity index (χ2n) is 9.85. The van der Waals surface area contributed by atoms with Crippen molar-refractivity contribution < 1.29 is 22.6 Å². The second-order valence-corrected chi connectivity index (χ2v) is 16.5. The third-order valence-corrected chi connectivity index (χ3v) is 6.97. The molecule has 1 saturated heterocycles. The maximum atomic E-state index is 12.2. The lowest BCUT2D eigenvalue weighted by atomic mass is 10.1. The first-order chi connectivity index (χ1) is 14.2. The molecule has 1 aliphatic carbocycles. The summed E-state index contributed by atoms with van der Waals surface area (Å²) < 4.78 is 42.0. The van der Waals surface area contributed by atoms with E-state index in [1.165, 1.54) is 0 Å². The zero-order valence-electron chi connectivity index (χ0n) is 19.6. The van der Waals surface area contributed by atoms with E-state index >= 15 is 0 Å². The summed E-state index contributed by atoms with van der Waals surface area (Å²) in [6, 6.07) is -0.124. The summed E-state index contributed by atoms with van der Waals surface area (Å²) in [5.74, 6) is 3.11. The Morgan fingerprint density at radius 3 is 2.45 bits per heavy atom. The van der Waals surface area contributed by atoms with Gasteiger partial charge in [0.15, 0.2) is 5.79 Å². The van der Waals surface area contributed by atoms with E-state index in [9.17, 15) is 8.42 Å². The van der Waals surface area contributed by atoms with Gasteiger partial charge in [-0.3, -0.25) is 0 Å². The molecule has 1 aliphatic heterocycles. The molecule has 2 aliphatic rings. The van der Waals surface area contributed by atoms with Gasteiger partial charge in [-0.2, -0.15) is 4.98 Å². The highest BCUT2D eigenvalue weighted by Crippen LogP contribution is 2.43. The van der Waals surface area contributed by atoms with Gasteiger partial charge in [0.2, 0.25) is 15.0 Å². The summed E-state index contributed by atoms with van der Waals surface area (Å²) in [6.45, 7) is 12.6. The summed E-state index contributed by atoms with van der Waals surface area (Å²) in [6.07, 6.45) is 1.54. The summed E-state index contributed by atoms with van der Waals surface area (Å²) in [5, 5.41) is 3.22. The van der Waals surface area contributed by atoms with Gasteiger partial charge in [-0.05, 0) is 27.2 Å². The quantitative estimate of drug-likeness (QED) is 0.400. The van der Waals surface area contributed by atoms with Crippen molar-refractivity contribution in [1.82, 2.24) is 9.97 Å². The van der Waals surface area contributed by atoms with Crippen molar-refractivity contribution in [3.05, 3.63) is 11.3 Å². The average molecular weight is 468 g/mol. The maximum Gasteiger partial charge on any atom is 0.249 e. The van der Waals surface area contributed by atoms with Gasteiger partial charge in [-0.15, -0.1) is 5.54 Å². The Morgan fingerprint density at radius 2 is 1.87 bits per heavy atom. The van der Waals surface area contributed by atoms with Crippen molar-refractivity contribution in [2.75, 3.05) is 25.3 Å². The van der Waals surface area contributed by atoms with Gasteiger partial charge in [0.1, 0.15) is 20.0 Å². The molecule has 0 spiro atoms. The first-order valence-corrected chi connectivity index (χ1v) is 15.8. The predicted octanol–water partition coefficient (Wildman–Crippen LogP) is 2.38. The van der Waals surface area contributed by atoms with Crippen molar-refractivity contribution >= 4 is 23.7 Å². The van der Waals surface area contributed by atoms with E-state index in [2.05, 4.69) is 46.4 Å². The maximum absolute atomic E-state index is 12.2. The van der Waals surface area contributed by atoms with Gasteiger partial charge < -0.3 is 19.5 Å². The summed E-state index contributed by atoms with van der Waals surface area (Å²) >= 11 is 0. The largest absolute Gasteiger partial charge is 0.384 e. The van der Waals surface area contributed by atoms with Gasteiger partial charge in [-0.1, -0.05) is 25.6 Å². The molecule has 0 unspecified atom stereocenters. The molecule has 2 heterocycles. The number of fused-ring (bicyclic) bond motifs is 1. The van der Waals surface area contributed by atoms with E-state index in [1.54, 1.807) is 14.0 Å². The van der Waals surface area contributed by atoms with E-state index in [-0.39, 0.29) is 29.3 Å². The van der Waals surface area contributed by atoms with E-state index in [0.29, 0.717) is 23.7 Å². The highest BCUT2D eigenvalue weighted by atomic mass is 32.2. The van der Waals surface area contributed by atoms with Crippen LogP contribution in [0.4, 0.5) is 5.82 Å². The van der Waals surface area contributed by atoms with Crippen molar-refractivity contribution in [2.24, 2.45) is 5.92 Å². The highest BCUT2D eigenvalue weighted by Gasteiger charge is 2.54. The number of aryl methyl sites for hydroxylation is 1. The van der Waals surface area contributed by atoms with Crippen LogP contribution in [0.3, 0.4) is 0 Å².